The lowest BCUT2D eigenvalue weighted by molar-refractivity contribution is 0.453. The molecule has 0 amide bonds. The molecule has 6 N–H and O–H groups in total. The van der Waals surface area contributed by atoms with Crippen molar-refractivity contribution in [3.05, 3.63) is 120 Å². The summed E-state index contributed by atoms with van der Waals surface area (Å²) in [6, 6.07) is 30.3. The van der Waals surface area contributed by atoms with Crippen LogP contribution < -0.4 is 18.8 Å². The number of aromatic hydroxyl groups is 4. The first-order chi connectivity index (χ1) is 31.3. The van der Waals surface area contributed by atoms with Crippen LogP contribution in [0.1, 0.15) is 22.8 Å². The van der Waals surface area contributed by atoms with Gasteiger partial charge in [-0.25, -0.2) is 9.97 Å². The second-order valence-corrected chi connectivity index (χ2v) is 19.1. The Morgan fingerprint density at radius 2 is 0.697 bits per heavy atom. The number of benzene rings is 4. The van der Waals surface area contributed by atoms with Gasteiger partial charge >= 0.3 is 0 Å². The first-order valence-electron chi connectivity index (χ1n) is 21.8. The van der Waals surface area contributed by atoms with E-state index in [4.69, 9.17) is 9.97 Å². The zero-order valence-corrected chi connectivity index (χ0v) is 39.0. The number of hydrogen-bond acceptors (Lipinski definition) is 8. The summed E-state index contributed by atoms with van der Waals surface area (Å²) in [5.74, 6) is -0.397. The van der Waals surface area contributed by atoms with Gasteiger partial charge in [-0.05, 0) is 96.1 Å². The van der Waals surface area contributed by atoms with Gasteiger partial charge in [0.25, 0.3) is 0 Å². The summed E-state index contributed by atoms with van der Waals surface area (Å²) in [7, 11) is 20.8. The Hall–Kier alpha value is -7.80. The van der Waals surface area contributed by atoms with Crippen molar-refractivity contribution in [2.24, 2.45) is 0 Å². The SMILES string of the molecule is CN(C)c1cc(-c2c3nc(c(-c4c(O)cccc4O)c4ccc([nH]4)c(-c4cc(N(C)C)cc([N+](C)(C)C)c4)c4nc(c(-c5c(O)cccc5O)c5ccc2[nH]5)C=C4)C=C3)cc([N+](C)(C)C)c1. The number of phenolic OH excluding ortho intramolecular Hbond substituents is 4. The predicted octanol–water partition coefficient (Wildman–Crippen LogP) is 10.7. The minimum atomic E-state index is -0.0992. The van der Waals surface area contributed by atoms with Gasteiger partial charge < -0.3 is 40.2 Å². The van der Waals surface area contributed by atoms with Gasteiger partial charge in [-0.1, -0.05) is 12.1 Å². The summed E-state index contributed by atoms with van der Waals surface area (Å²) < 4.78 is 1.11. The number of aromatic nitrogens is 4. The smallest absolute Gasteiger partial charge is 0.134 e. The summed E-state index contributed by atoms with van der Waals surface area (Å²) in [5, 5.41) is 46.2. The largest absolute Gasteiger partial charge is 0.507 e. The van der Waals surface area contributed by atoms with Crippen molar-refractivity contribution >= 4 is 69.1 Å². The third kappa shape index (κ3) is 7.80. The quantitative estimate of drug-likeness (QED) is 0.0828. The second-order valence-electron chi connectivity index (χ2n) is 19.1. The first kappa shape index (κ1) is 43.5. The lowest BCUT2D eigenvalue weighted by Gasteiger charge is -2.26. The molecule has 3 aromatic heterocycles. The van der Waals surface area contributed by atoms with Crippen molar-refractivity contribution in [1.29, 1.82) is 0 Å². The maximum Gasteiger partial charge on any atom is 0.134 e. The van der Waals surface area contributed by atoms with Crippen molar-refractivity contribution in [1.82, 2.24) is 28.9 Å². The molecule has 0 unspecified atom stereocenters. The van der Waals surface area contributed by atoms with Crippen LogP contribution in [-0.2, 0) is 0 Å². The van der Waals surface area contributed by atoms with E-state index in [1.54, 1.807) is 36.4 Å². The number of phenols is 4. The molecule has 0 saturated carbocycles. The van der Waals surface area contributed by atoms with Crippen LogP contribution in [0.3, 0.4) is 0 Å². The van der Waals surface area contributed by atoms with Gasteiger partial charge in [0.15, 0.2) is 0 Å². The normalized spacial score (nSPS) is 12.5. The zero-order valence-electron chi connectivity index (χ0n) is 39.0. The van der Waals surface area contributed by atoms with E-state index >= 15 is 0 Å². The van der Waals surface area contributed by atoms with Crippen LogP contribution >= 0.6 is 0 Å². The minimum Gasteiger partial charge on any atom is -0.507 e. The molecule has 0 spiro atoms. The van der Waals surface area contributed by atoms with Crippen LogP contribution in [0.25, 0.3) is 90.9 Å². The molecule has 12 nitrogen and oxygen atoms in total. The summed E-state index contributed by atoms with van der Waals surface area (Å²) in [5.41, 5.74) is 13.9. The van der Waals surface area contributed by atoms with E-state index in [1.165, 1.54) is 0 Å². The molecular formula is C54H56N8O4+2. The van der Waals surface area contributed by atoms with Crippen LogP contribution in [0.2, 0.25) is 0 Å². The molecule has 2 aliphatic heterocycles. The maximum absolute atomic E-state index is 11.5. The number of quaternary nitrogens is 2. The molecule has 0 atom stereocenters. The predicted molar refractivity (Wildman–Crippen MR) is 275 cm³/mol. The Morgan fingerprint density at radius 1 is 0.394 bits per heavy atom. The molecule has 0 fully saturated rings. The Morgan fingerprint density at radius 3 is 1.00 bits per heavy atom. The van der Waals surface area contributed by atoms with Crippen molar-refractivity contribution < 1.29 is 20.4 Å². The third-order valence-electron chi connectivity index (χ3n) is 12.3. The van der Waals surface area contributed by atoms with Crippen LogP contribution in [0.4, 0.5) is 22.7 Å². The van der Waals surface area contributed by atoms with Gasteiger partial charge in [-0.15, -0.1) is 0 Å². The molecule has 12 heteroatoms. The number of rotatable bonds is 8. The Labute approximate surface area is 384 Å². The van der Waals surface area contributed by atoms with Gasteiger partial charge in [0.2, 0.25) is 0 Å². The molecule has 9 rings (SSSR count). The molecule has 0 aliphatic carbocycles. The van der Waals surface area contributed by atoms with Gasteiger partial charge in [-0.2, -0.15) is 0 Å². The second kappa shape index (κ2) is 16.0. The number of hydrogen-bond donors (Lipinski definition) is 6. The van der Waals surface area contributed by atoms with Crippen molar-refractivity contribution in [2.45, 2.75) is 0 Å². The fraction of sp³-hybridized carbons (Fsp3) is 0.185. The molecule has 5 heterocycles. The van der Waals surface area contributed by atoms with Crippen molar-refractivity contribution in [2.75, 3.05) is 80.3 Å². The van der Waals surface area contributed by atoms with Crippen LogP contribution in [0, 0.1) is 0 Å². The molecule has 0 saturated heterocycles. The summed E-state index contributed by atoms with van der Waals surface area (Å²) >= 11 is 0. The molecule has 0 radical (unpaired) electrons. The average Bonchev–Trinajstić information content (AvgIpc) is 4.10. The van der Waals surface area contributed by atoms with Crippen LogP contribution in [-0.4, -0.2) is 111 Å². The molecule has 334 valence electrons. The van der Waals surface area contributed by atoms with Crippen molar-refractivity contribution in [3.8, 4) is 67.5 Å². The highest BCUT2D eigenvalue weighted by molar-refractivity contribution is 6.02. The van der Waals surface area contributed by atoms with Gasteiger partial charge in [0.05, 0.1) is 76.2 Å². The molecule has 8 bridgehead atoms. The van der Waals surface area contributed by atoms with E-state index in [0.717, 1.165) is 56.0 Å². The van der Waals surface area contributed by atoms with Crippen LogP contribution in [0.5, 0.6) is 23.0 Å². The minimum absolute atomic E-state index is 0.0992. The molecular weight excluding hydrogens is 825 g/mol. The molecule has 66 heavy (non-hydrogen) atoms. The fourth-order valence-electron chi connectivity index (χ4n) is 8.68. The number of anilines is 2. The molecule has 7 aromatic rings. The van der Waals surface area contributed by atoms with E-state index in [1.807, 2.05) is 76.8 Å². The van der Waals surface area contributed by atoms with E-state index in [0.29, 0.717) is 53.9 Å². The number of aromatic amines is 2. The molecule has 4 aromatic carbocycles. The van der Waals surface area contributed by atoms with Gasteiger partial charge in [0.1, 0.15) is 34.4 Å². The Balaban J connectivity index is 1.52. The standard InChI is InChI=1S/C54H54N8O4/c1-59(2)33-25-31(27-35(29-33)61(5,6)7)49-37-17-21-41(55-37)51(53-45(63)13-11-14-46(53)64)43-23-19-39(57-43)50(32-26-34(60(3)4)30-36(28-32)62(8,9)10)40-20-24-44(58-40)52(42-22-18-38(49)56-42)54-47(65)15-12-16-48(54)66/h11-30H,1-10H3,(H4-2,55,56,57,58,63,64,65,66)/p+2. The summed E-state index contributed by atoms with van der Waals surface area (Å²) in [4.78, 5) is 22.3. The average molecular weight is 881 g/mol. The van der Waals surface area contributed by atoms with E-state index in [-0.39, 0.29) is 34.1 Å². The highest BCUT2D eigenvalue weighted by Gasteiger charge is 2.26. The van der Waals surface area contributed by atoms with E-state index in [2.05, 4.69) is 98.5 Å². The maximum atomic E-state index is 11.5. The molecule has 2 aliphatic rings. The monoisotopic (exact) mass is 880 g/mol. The lowest BCUT2D eigenvalue weighted by Crippen LogP contribution is -2.34. The van der Waals surface area contributed by atoms with Gasteiger partial charge in [-0.3, -0.25) is 8.97 Å². The van der Waals surface area contributed by atoms with E-state index < -0.39 is 0 Å². The first-order valence-corrected chi connectivity index (χ1v) is 21.8. The fourth-order valence-corrected chi connectivity index (χ4v) is 8.68. The van der Waals surface area contributed by atoms with Crippen LogP contribution in [0.15, 0.2) is 97.1 Å². The zero-order chi connectivity index (χ0) is 47.0. The van der Waals surface area contributed by atoms with E-state index in [9.17, 15) is 20.4 Å². The summed E-state index contributed by atoms with van der Waals surface area (Å²) in [6.45, 7) is 0. The highest BCUT2D eigenvalue weighted by atomic mass is 16.3. The van der Waals surface area contributed by atoms with Crippen molar-refractivity contribution in [3.63, 3.8) is 0 Å². The number of nitrogens with zero attached hydrogens (tertiary/aromatic N) is 6. The topological polar surface area (TPSA) is 145 Å². The lowest BCUT2D eigenvalue weighted by atomic mass is 10.0. The highest BCUT2D eigenvalue weighted by Crippen LogP contribution is 2.46. The van der Waals surface area contributed by atoms with Gasteiger partial charge in [0, 0.05) is 108 Å². The Kier molecular flexibility index (Phi) is 10.5. The number of fused-ring (bicyclic) bond motifs is 8. The third-order valence-corrected chi connectivity index (χ3v) is 12.3. The number of H-pyrrole nitrogens is 2. The number of nitrogens with one attached hydrogen (secondary N) is 2. The Bertz CT molecular complexity index is 3080. The summed E-state index contributed by atoms with van der Waals surface area (Å²) in [6.07, 6.45) is 7.74.